The number of furan rings is 1. The summed E-state index contributed by atoms with van der Waals surface area (Å²) in [5.74, 6) is 1.82. The van der Waals surface area contributed by atoms with E-state index < -0.39 is 0 Å². The van der Waals surface area contributed by atoms with Crippen LogP contribution in [-0.4, -0.2) is 19.9 Å². The first-order valence-electron chi connectivity index (χ1n) is 13.4. The van der Waals surface area contributed by atoms with Crippen LogP contribution in [0.5, 0.6) is 0 Å². The SMILES string of the molecule is CC1(C)c2cc3c(cc2-c2cccc(-c4nc(-c5ccccc5)nc(-c5ccccn5)n4)c21)oc1ccccc13. The van der Waals surface area contributed by atoms with E-state index in [1.54, 1.807) is 6.20 Å². The van der Waals surface area contributed by atoms with Crippen LogP contribution in [0.3, 0.4) is 0 Å². The minimum absolute atomic E-state index is 0.279. The van der Waals surface area contributed by atoms with Crippen LogP contribution in [-0.2, 0) is 5.41 Å². The topological polar surface area (TPSA) is 64.7 Å². The number of fused-ring (bicyclic) bond motifs is 6. The quantitative estimate of drug-likeness (QED) is 0.236. The monoisotopic (exact) mass is 516 g/mol. The first kappa shape index (κ1) is 22.8. The Morgan fingerprint density at radius 2 is 1.32 bits per heavy atom. The molecule has 1 aliphatic carbocycles. The van der Waals surface area contributed by atoms with Gasteiger partial charge >= 0.3 is 0 Å². The molecule has 3 aromatic heterocycles. The van der Waals surface area contributed by atoms with Gasteiger partial charge in [-0.1, -0.05) is 86.6 Å². The van der Waals surface area contributed by atoms with E-state index >= 15 is 0 Å². The molecule has 0 N–H and O–H groups in total. The molecule has 0 unspecified atom stereocenters. The third-order valence-electron chi connectivity index (χ3n) is 7.97. The van der Waals surface area contributed by atoms with Gasteiger partial charge in [0, 0.05) is 33.5 Å². The fourth-order valence-corrected chi connectivity index (χ4v) is 6.10. The number of benzene rings is 4. The van der Waals surface area contributed by atoms with Crippen LogP contribution in [0.2, 0.25) is 0 Å². The number of aromatic nitrogens is 4. The average Bonchev–Trinajstić information content (AvgIpc) is 3.48. The predicted octanol–water partition coefficient (Wildman–Crippen LogP) is 8.47. The fourth-order valence-electron chi connectivity index (χ4n) is 6.10. The van der Waals surface area contributed by atoms with Crippen molar-refractivity contribution in [1.82, 2.24) is 19.9 Å². The van der Waals surface area contributed by atoms with E-state index in [0.29, 0.717) is 23.2 Å². The van der Waals surface area contributed by atoms with Gasteiger partial charge in [-0.15, -0.1) is 0 Å². The Hall–Kier alpha value is -5.16. The molecule has 0 atom stereocenters. The Bertz CT molecular complexity index is 2020. The van der Waals surface area contributed by atoms with E-state index in [9.17, 15) is 0 Å². The van der Waals surface area contributed by atoms with E-state index in [1.165, 1.54) is 22.3 Å². The van der Waals surface area contributed by atoms with Crippen LogP contribution in [0.1, 0.15) is 25.0 Å². The summed E-state index contributed by atoms with van der Waals surface area (Å²) in [4.78, 5) is 19.4. The van der Waals surface area contributed by atoms with Gasteiger partial charge in [0.05, 0.1) is 0 Å². The van der Waals surface area contributed by atoms with Gasteiger partial charge in [-0.05, 0) is 52.6 Å². The molecule has 4 aromatic carbocycles. The van der Waals surface area contributed by atoms with Crippen molar-refractivity contribution in [3.8, 4) is 45.4 Å². The maximum absolute atomic E-state index is 6.27. The lowest BCUT2D eigenvalue weighted by Gasteiger charge is -2.24. The lowest BCUT2D eigenvalue weighted by Crippen LogP contribution is -2.17. The molecule has 5 nitrogen and oxygen atoms in total. The number of rotatable bonds is 3. The highest BCUT2D eigenvalue weighted by Gasteiger charge is 2.39. The van der Waals surface area contributed by atoms with Crippen molar-refractivity contribution < 1.29 is 4.42 Å². The van der Waals surface area contributed by atoms with E-state index in [1.807, 2.05) is 60.7 Å². The lowest BCUT2D eigenvalue weighted by atomic mass is 9.79. The van der Waals surface area contributed by atoms with Crippen LogP contribution in [0, 0.1) is 0 Å². The molecule has 0 amide bonds. The summed E-state index contributed by atoms with van der Waals surface area (Å²) in [6.07, 6.45) is 1.76. The van der Waals surface area contributed by atoms with Crippen molar-refractivity contribution in [2.24, 2.45) is 0 Å². The Morgan fingerprint density at radius 1 is 0.575 bits per heavy atom. The maximum atomic E-state index is 6.27. The van der Waals surface area contributed by atoms with Crippen molar-refractivity contribution in [2.75, 3.05) is 0 Å². The zero-order valence-electron chi connectivity index (χ0n) is 22.1. The van der Waals surface area contributed by atoms with Crippen molar-refractivity contribution in [2.45, 2.75) is 19.3 Å². The molecular weight excluding hydrogens is 492 g/mol. The molecule has 0 radical (unpaired) electrons. The number of pyridine rings is 1. The summed E-state index contributed by atoms with van der Waals surface area (Å²) in [7, 11) is 0. The van der Waals surface area contributed by atoms with Gasteiger partial charge in [0.25, 0.3) is 0 Å². The van der Waals surface area contributed by atoms with Crippen molar-refractivity contribution in [3.63, 3.8) is 0 Å². The molecule has 0 spiro atoms. The Labute approximate surface area is 231 Å². The van der Waals surface area contributed by atoms with E-state index in [4.69, 9.17) is 19.4 Å². The molecule has 3 heterocycles. The van der Waals surface area contributed by atoms with E-state index in [2.05, 4.69) is 61.3 Å². The van der Waals surface area contributed by atoms with Gasteiger partial charge in [0.15, 0.2) is 17.5 Å². The summed E-state index contributed by atoms with van der Waals surface area (Å²) in [5.41, 5.74) is 9.03. The normalized spacial score (nSPS) is 13.4. The first-order chi connectivity index (χ1) is 19.6. The van der Waals surface area contributed by atoms with Gasteiger partial charge in [-0.25, -0.2) is 15.0 Å². The van der Waals surface area contributed by atoms with Crippen LogP contribution < -0.4 is 0 Å². The van der Waals surface area contributed by atoms with Gasteiger partial charge in [-0.3, -0.25) is 4.98 Å². The molecule has 1 aliphatic rings. The summed E-state index contributed by atoms with van der Waals surface area (Å²) >= 11 is 0. The van der Waals surface area contributed by atoms with Gasteiger partial charge in [-0.2, -0.15) is 0 Å². The average molecular weight is 517 g/mol. The molecule has 0 saturated carbocycles. The van der Waals surface area contributed by atoms with Crippen molar-refractivity contribution in [1.29, 1.82) is 0 Å². The standard InChI is InChI=1S/C35H24N4O/c1-35(2)27-19-26-22-13-6-7-17-29(22)40-30(26)20-25(27)23-14-10-15-24(31(23)35)33-37-32(21-11-4-3-5-12-21)38-34(39-33)28-16-8-9-18-36-28/h3-20H,1-2H3. The smallest absolute Gasteiger partial charge is 0.182 e. The molecule has 7 aromatic rings. The molecule has 5 heteroatoms. The second-order valence-corrected chi connectivity index (χ2v) is 10.7. The minimum Gasteiger partial charge on any atom is -0.456 e. The van der Waals surface area contributed by atoms with E-state index in [-0.39, 0.29) is 5.41 Å². The zero-order chi connectivity index (χ0) is 26.8. The molecule has 0 aliphatic heterocycles. The highest BCUT2D eigenvalue weighted by molar-refractivity contribution is 6.07. The lowest BCUT2D eigenvalue weighted by molar-refractivity contribution is 0.658. The van der Waals surface area contributed by atoms with Crippen LogP contribution in [0.15, 0.2) is 114 Å². The minimum atomic E-state index is -0.279. The third-order valence-corrected chi connectivity index (χ3v) is 7.97. The highest BCUT2D eigenvalue weighted by Crippen LogP contribution is 2.53. The molecule has 0 bridgehead atoms. The largest absolute Gasteiger partial charge is 0.456 e. The van der Waals surface area contributed by atoms with Crippen molar-refractivity contribution >= 4 is 21.9 Å². The van der Waals surface area contributed by atoms with Crippen LogP contribution in [0.4, 0.5) is 0 Å². The number of para-hydroxylation sites is 1. The number of hydrogen-bond donors (Lipinski definition) is 0. The second-order valence-electron chi connectivity index (χ2n) is 10.7. The van der Waals surface area contributed by atoms with Crippen LogP contribution >= 0.6 is 0 Å². The number of hydrogen-bond acceptors (Lipinski definition) is 5. The Balaban J connectivity index is 1.37. The predicted molar refractivity (Wildman–Crippen MR) is 159 cm³/mol. The molecule has 8 rings (SSSR count). The Morgan fingerprint density at radius 3 is 2.17 bits per heavy atom. The number of nitrogens with zero attached hydrogens (tertiary/aromatic N) is 4. The Kier molecular flexibility index (Phi) is 4.80. The van der Waals surface area contributed by atoms with Gasteiger partial charge in [0.2, 0.25) is 0 Å². The van der Waals surface area contributed by atoms with Crippen LogP contribution in [0.25, 0.3) is 67.4 Å². The fraction of sp³-hybridized carbons (Fsp3) is 0.0857. The molecule has 0 fully saturated rings. The van der Waals surface area contributed by atoms with E-state index in [0.717, 1.165) is 33.1 Å². The van der Waals surface area contributed by atoms with Crippen molar-refractivity contribution in [3.05, 3.63) is 120 Å². The molecule has 0 saturated heterocycles. The highest BCUT2D eigenvalue weighted by atomic mass is 16.3. The third kappa shape index (κ3) is 3.34. The summed E-state index contributed by atoms with van der Waals surface area (Å²) in [6.45, 7) is 4.57. The first-order valence-corrected chi connectivity index (χ1v) is 13.4. The summed E-state index contributed by atoms with van der Waals surface area (Å²) in [6, 6.07) is 35.0. The van der Waals surface area contributed by atoms with Gasteiger partial charge < -0.3 is 4.42 Å². The molecule has 40 heavy (non-hydrogen) atoms. The van der Waals surface area contributed by atoms with Gasteiger partial charge in [0.1, 0.15) is 16.9 Å². The molecule has 190 valence electrons. The summed E-state index contributed by atoms with van der Waals surface area (Å²) in [5, 5.41) is 2.28. The zero-order valence-corrected chi connectivity index (χ0v) is 22.1. The second kappa shape index (κ2) is 8.42. The molecular formula is C35H24N4O. The maximum Gasteiger partial charge on any atom is 0.182 e. The summed E-state index contributed by atoms with van der Waals surface area (Å²) < 4.78 is 6.27.